The van der Waals surface area contributed by atoms with Crippen molar-refractivity contribution in [3.63, 3.8) is 0 Å². The summed E-state index contributed by atoms with van der Waals surface area (Å²) in [6.45, 7) is -0.172. The Kier molecular flexibility index (Phi) is 5.73. The number of benzene rings is 2. The lowest BCUT2D eigenvalue weighted by Gasteiger charge is -2.21. The number of carboxylic acids is 1. The van der Waals surface area contributed by atoms with Crippen molar-refractivity contribution in [1.82, 2.24) is 9.62 Å². The summed E-state index contributed by atoms with van der Waals surface area (Å²) in [4.78, 5) is 25.1. The van der Waals surface area contributed by atoms with Crippen molar-refractivity contribution in [3.05, 3.63) is 42.5 Å². The van der Waals surface area contributed by atoms with Crippen LogP contribution >= 0.6 is 11.8 Å². The predicted octanol–water partition coefficient (Wildman–Crippen LogP) is 1.54. The van der Waals surface area contributed by atoms with Gasteiger partial charge in [0.2, 0.25) is 15.9 Å². The molecule has 1 amide bonds. The van der Waals surface area contributed by atoms with E-state index in [1.807, 2.05) is 30.5 Å². The molecule has 1 saturated heterocycles. The lowest BCUT2D eigenvalue weighted by Crippen LogP contribution is -2.45. The first kappa shape index (κ1) is 19.7. The second-order valence-corrected chi connectivity index (χ2v) is 9.23. The Balaban J connectivity index is 1.72. The van der Waals surface area contributed by atoms with Gasteiger partial charge in [0.1, 0.15) is 6.04 Å². The maximum atomic E-state index is 12.5. The second kappa shape index (κ2) is 7.87. The molecule has 9 heteroatoms. The van der Waals surface area contributed by atoms with E-state index in [9.17, 15) is 23.1 Å². The molecule has 0 bridgehead atoms. The standard InChI is InChI=1S/C18H20N2O5S2/c1-26-14-9-16(18(22)23)20(11-14)17(21)10-19-27(24,25)15-7-6-12-4-2-3-5-13(12)8-15/h2-8,14,16,19H,9-11H2,1H3,(H,22,23)/t14?,16-/m0/s1. The van der Waals surface area contributed by atoms with Gasteiger partial charge in [0.15, 0.2) is 0 Å². The first-order valence-corrected chi connectivity index (χ1v) is 11.1. The third kappa shape index (κ3) is 4.26. The number of hydrogen-bond donors (Lipinski definition) is 2. The Morgan fingerprint density at radius 2 is 1.93 bits per heavy atom. The van der Waals surface area contributed by atoms with E-state index in [1.54, 1.807) is 12.1 Å². The highest BCUT2D eigenvalue weighted by molar-refractivity contribution is 7.99. The topological polar surface area (TPSA) is 104 Å². The molecule has 1 aliphatic rings. The monoisotopic (exact) mass is 408 g/mol. The molecular weight excluding hydrogens is 388 g/mol. The zero-order valence-corrected chi connectivity index (χ0v) is 16.3. The molecule has 1 aliphatic heterocycles. The molecule has 0 spiro atoms. The van der Waals surface area contributed by atoms with Crippen molar-refractivity contribution in [2.75, 3.05) is 19.3 Å². The minimum absolute atomic E-state index is 0.0344. The number of carbonyl (C=O) groups excluding carboxylic acids is 1. The van der Waals surface area contributed by atoms with Gasteiger partial charge in [-0.25, -0.2) is 17.9 Å². The van der Waals surface area contributed by atoms with Gasteiger partial charge in [-0.05, 0) is 35.6 Å². The molecule has 0 aromatic heterocycles. The average molecular weight is 409 g/mol. The van der Waals surface area contributed by atoms with Gasteiger partial charge in [-0.1, -0.05) is 30.3 Å². The summed E-state index contributed by atoms with van der Waals surface area (Å²) in [7, 11) is -3.88. The van der Waals surface area contributed by atoms with E-state index in [4.69, 9.17) is 0 Å². The highest BCUT2D eigenvalue weighted by atomic mass is 32.2. The van der Waals surface area contributed by atoms with Gasteiger partial charge in [0.25, 0.3) is 0 Å². The summed E-state index contributed by atoms with van der Waals surface area (Å²) in [6, 6.07) is 11.2. The van der Waals surface area contributed by atoms with E-state index in [1.165, 1.54) is 22.7 Å². The Labute approximate surface area is 161 Å². The molecule has 0 saturated carbocycles. The Morgan fingerprint density at radius 1 is 1.22 bits per heavy atom. The van der Waals surface area contributed by atoms with E-state index < -0.39 is 34.5 Å². The Morgan fingerprint density at radius 3 is 2.59 bits per heavy atom. The predicted molar refractivity (Wildman–Crippen MR) is 104 cm³/mol. The van der Waals surface area contributed by atoms with Crippen LogP contribution in [0.4, 0.5) is 0 Å². The van der Waals surface area contributed by atoms with Crippen LogP contribution in [0.15, 0.2) is 47.4 Å². The number of nitrogens with one attached hydrogen (secondary N) is 1. The van der Waals surface area contributed by atoms with Gasteiger partial charge < -0.3 is 10.0 Å². The van der Waals surface area contributed by atoms with Crippen molar-refractivity contribution in [2.24, 2.45) is 0 Å². The second-order valence-electron chi connectivity index (χ2n) is 6.33. The molecule has 1 unspecified atom stereocenters. The van der Waals surface area contributed by atoms with E-state index >= 15 is 0 Å². The molecule has 7 nitrogen and oxygen atoms in total. The summed E-state index contributed by atoms with van der Waals surface area (Å²) in [5, 5.41) is 11.0. The van der Waals surface area contributed by atoms with Crippen molar-refractivity contribution in [2.45, 2.75) is 22.6 Å². The largest absolute Gasteiger partial charge is 0.480 e. The maximum Gasteiger partial charge on any atom is 0.326 e. The molecule has 3 rings (SSSR count). The Hall–Kier alpha value is -2.10. The number of hydrogen-bond acceptors (Lipinski definition) is 5. The number of likely N-dealkylation sites (tertiary alicyclic amines) is 1. The third-order valence-corrected chi connectivity index (χ3v) is 7.05. The third-order valence-electron chi connectivity index (χ3n) is 4.65. The molecule has 27 heavy (non-hydrogen) atoms. The van der Waals surface area contributed by atoms with Crippen LogP contribution in [0.2, 0.25) is 0 Å². The quantitative estimate of drug-likeness (QED) is 0.751. The summed E-state index contributed by atoms with van der Waals surface area (Å²) in [5.74, 6) is -1.61. The van der Waals surface area contributed by atoms with Gasteiger partial charge in [-0.15, -0.1) is 0 Å². The summed E-state index contributed by atoms with van der Waals surface area (Å²) in [6.07, 6.45) is 2.22. The zero-order valence-electron chi connectivity index (χ0n) is 14.7. The lowest BCUT2D eigenvalue weighted by atomic mass is 10.1. The summed E-state index contributed by atoms with van der Waals surface area (Å²) < 4.78 is 27.3. The number of nitrogens with zero attached hydrogens (tertiary/aromatic N) is 1. The molecule has 0 aliphatic carbocycles. The molecule has 1 fully saturated rings. The van der Waals surface area contributed by atoms with E-state index in [0.717, 1.165) is 10.8 Å². The fourth-order valence-electron chi connectivity index (χ4n) is 3.15. The van der Waals surface area contributed by atoms with Crippen LogP contribution in [-0.4, -0.2) is 60.9 Å². The van der Waals surface area contributed by atoms with Crippen LogP contribution in [0, 0.1) is 0 Å². The molecule has 2 aromatic rings. The number of sulfonamides is 1. The number of amides is 1. The van der Waals surface area contributed by atoms with Gasteiger partial charge in [-0.3, -0.25) is 4.79 Å². The normalized spacial score (nSPS) is 20.1. The van der Waals surface area contributed by atoms with E-state index in [0.29, 0.717) is 13.0 Å². The van der Waals surface area contributed by atoms with Gasteiger partial charge in [0, 0.05) is 11.8 Å². The van der Waals surface area contributed by atoms with Gasteiger partial charge in [-0.2, -0.15) is 11.8 Å². The lowest BCUT2D eigenvalue weighted by molar-refractivity contribution is -0.147. The fraction of sp³-hybridized carbons (Fsp3) is 0.333. The number of rotatable bonds is 6. The first-order valence-electron chi connectivity index (χ1n) is 8.35. The van der Waals surface area contributed by atoms with Crippen LogP contribution in [0.1, 0.15) is 6.42 Å². The van der Waals surface area contributed by atoms with Crippen LogP contribution in [0.5, 0.6) is 0 Å². The maximum absolute atomic E-state index is 12.5. The minimum Gasteiger partial charge on any atom is -0.480 e. The number of thioether (sulfide) groups is 1. The highest BCUT2D eigenvalue weighted by Gasteiger charge is 2.39. The molecule has 2 aromatic carbocycles. The average Bonchev–Trinajstić information content (AvgIpc) is 3.11. The smallest absolute Gasteiger partial charge is 0.326 e. The molecule has 144 valence electrons. The van der Waals surface area contributed by atoms with E-state index in [2.05, 4.69) is 4.72 Å². The molecule has 2 atom stereocenters. The zero-order chi connectivity index (χ0) is 19.6. The number of fused-ring (bicyclic) bond motifs is 1. The summed E-state index contributed by atoms with van der Waals surface area (Å²) >= 11 is 1.50. The Bertz CT molecular complexity index is 977. The van der Waals surface area contributed by atoms with Gasteiger partial charge in [0.05, 0.1) is 11.4 Å². The number of carboxylic acid groups (broad SMARTS) is 1. The molecule has 0 radical (unpaired) electrons. The van der Waals surface area contributed by atoms with Crippen molar-refractivity contribution < 1.29 is 23.1 Å². The molecule has 1 heterocycles. The minimum atomic E-state index is -3.88. The fourth-order valence-corrected chi connectivity index (χ4v) is 4.85. The van der Waals surface area contributed by atoms with Crippen LogP contribution < -0.4 is 4.72 Å². The first-order chi connectivity index (χ1) is 12.8. The van der Waals surface area contributed by atoms with Crippen molar-refractivity contribution in [3.8, 4) is 0 Å². The van der Waals surface area contributed by atoms with Crippen LogP contribution in [-0.2, 0) is 19.6 Å². The van der Waals surface area contributed by atoms with Crippen molar-refractivity contribution in [1.29, 1.82) is 0 Å². The molecular formula is C18H20N2O5S2. The number of aliphatic carboxylic acids is 1. The summed E-state index contributed by atoms with van der Waals surface area (Å²) in [5.41, 5.74) is 0. The van der Waals surface area contributed by atoms with Crippen LogP contribution in [0.3, 0.4) is 0 Å². The number of carbonyl (C=O) groups is 2. The SMILES string of the molecule is CSC1C[C@@H](C(=O)O)N(C(=O)CNS(=O)(=O)c2ccc3ccccc3c2)C1. The van der Waals surface area contributed by atoms with Crippen LogP contribution in [0.25, 0.3) is 10.8 Å². The van der Waals surface area contributed by atoms with Gasteiger partial charge >= 0.3 is 5.97 Å². The van der Waals surface area contributed by atoms with Crippen molar-refractivity contribution >= 4 is 44.4 Å². The molecule has 2 N–H and O–H groups in total. The highest BCUT2D eigenvalue weighted by Crippen LogP contribution is 2.26. The van der Waals surface area contributed by atoms with E-state index in [-0.39, 0.29) is 10.1 Å².